The molecule has 1 amide bonds. The van der Waals surface area contributed by atoms with Crippen molar-refractivity contribution in [1.82, 2.24) is 5.32 Å². The quantitative estimate of drug-likeness (QED) is 0.722. The van der Waals surface area contributed by atoms with Crippen molar-refractivity contribution < 1.29 is 14.7 Å². The third-order valence-electron chi connectivity index (χ3n) is 3.55. The Balaban J connectivity index is 2.39. The second-order valence-corrected chi connectivity index (χ2v) is 5.77. The van der Waals surface area contributed by atoms with Gasteiger partial charge in [0.15, 0.2) is 0 Å². The summed E-state index contributed by atoms with van der Waals surface area (Å²) in [4.78, 5) is 22.2. The summed E-state index contributed by atoms with van der Waals surface area (Å²) in [7, 11) is 0. The summed E-state index contributed by atoms with van der Waals surface area (Å²) >= 11 is 0. The standard InChI is InChI=1S/C17H25NO3/c1-12(2)14-6-8-15(9-7-14)13(3)11-16(19)18-10-4-5-17(20)21/h6-9,12-13H,4-5,10-11H2,1-3H3,(H,18,19)(H,20,21). The molecular weight excluding hydrogens is 266 g/mol. The van der Waals surface area contributed by atoms with Crippen LogP contribution in [0.4, 0.5) is 0 Å². The molecule has 1 atom stereocenters. The molecule has 0 fully saturated rings. The summed E-state index contributed by atoms with van der Waals surface area (Å²) in [6, 6.07) is 8.39. The van der Waals surface area contributed by atoms with Gasteiger partial charge < -0.3 is 10.4 Å². The molecule has 0 aliphatic heterocycles. The van der Waals surface area contributed by atoms with Crippen molar-refractivity contribution in [3.05, 3.63) is 35.4 Å². The van der Waals surface area contributed by atoms with E-state index in [0.29, 0.717) is 25.3 Å². The molecule has 4 nitrogen and oxygen atoms in total. The molecule has 1 aromatic rings. The highest BCUT2D eigenvalue weighted by molar-refractivity contribution is 5.76. The Labute approximate surface area is 126 Å². The molecule has 116 valence electrons. The van der Waals surface area contributed by atoms with E-state index in [2.05, 4.69) is 43.4 Å². The van der Waals surface area contributed by atoms with E-state index in [9.17, 15) is 9.59 Å². The summed E-state index contributed by atoms with van der Waals surface area (Å²) in [6.45, 7) is 6.76. The van der Waals surface area contributed by atoms with Crippen molar-refractivity contribution in [3.63, 3.8) is 0 Å². The molecule has 0 bridgehead atoms. The zero-order valence-corrected chi connectivity index (χ0v) is 13.1. The van der Waals surface area contributed by atoms with E-state index in [1.165, 1.54) is 5.56 Å². The number of aliphatic carboxylic acids is 1. The Morgan fingerprint density at radius 3 is 2.19 bits per heavy atom. The molecular formula is C17H25NO3. The molecule has 0 aliphatic carbocycles. The Morgan fingerprint density at radius 2 is 1.67 bits per heavy atom. The van der Waals surface area contributed by atoms with Crippen LogP contribution in [-0.4, -0.2) is 23.5 Å². The second kappa shape index (κ2) is 8.45. The lowest BCUT2D eigenvalue weighted by Gasteiger charge is -2.13. The maximum atomic E-state index is 11.8. The summed E-state index contributed by atoms with van der Waals surface area (Å²) < 4.78 is 0. The summed E-state index contributed by atoms with van der Waals surface area (Å²) in [6.07, 6.45) is 0.985. The first-order chi connectivity index (χ1) is 9.90. The summed E-state index contributed by atoms with van der Waals surface area (Å²) in [5, 5.41) is 11.3. The van der Waals surface area contributed by atoms with Gasteiger partial charge in [0.2, 0.25) is 5.91 Å². The number of hydrogen-bond acceptors (Lipinski definition) is 2. The molecule has 0 saturated carbocycles. The Bertz CT molecular complexity index is 465. The van der Waals surface area contributed by atoms with E-state index in [1.54, 1.807) is 0 Å². The molecule has 21 heavy (non-hydrogen) atoms. The molecule has 0 aromatic heterocycles. The van der Waals surface area contributed by atoms with Gasteiger partial charge in [0.05, 0.1) is 0 Å². The zero-order valence-electron chi connectivity index (χ0n) is 13.1. The number of carbonyl (C=O) groups is 2. The Morgan fingerprint density at radius 1 is 1.10 bits per heavy atom. The number of nitrogens with one attached hydrogen (secondary N) is 1. The monoisotopic (exact) mass is 291 g/mol. The number of benzene rings is 1. The molecule has 1 unspecified atom stereocenters. The lowest BCUT2D eigenvalue weighted by molar-refractivity contribution is -0.137. The highest BCUT2D eigenvalue weighted by Crippen LogP contribution is 2.22. The van der Waals surface area contributed by atoms with Crippen LogP contribution in [0.3, 0.4) is 0 Å². The molecule has 1 rings (SSSR count). The zero-order chi connectivity index (χ0) is 15.8. The third kappa shape index (κ3) is 6.43. The molecule has 0 saturated heterocycles. The average molecular weight is 291 g/mol. The lowest BCUT2D eigenvalue weighted by atomic mass is 9.94. The van der Waals surface area contributed by atoms with Crippen LogP contribution in [0.15, 0.2) is 24.3 Å². The lowest BCUT2D eigenvalue weighted by Crippen LogP contribution is -2.26. The number of rotatable bonds is 8. The molecule has 0 heterocycles. The van der Waals surface area contributed by atoms with Gasteiger partial charge in [0.25, 0.3) is 0 Å². The van der Waals surface area contributed by atoms with Crippen LogP contribution in [0.1, 0.15) is 63.0 Å². The molecule has 1 aromatic carbocycles. The van der Waals surface area contributed by atoms with E-state index >= 15 is 0 Å². The fourth-order valence-electron chi connectivity index (χ4n) is 2.14. The average Bonchev–Trinajstić information content (AvgIpc) is 2.43. The minimum atomic E-state index is -0.831. The van der Waals surface area contributed by atoms with Crippen molar-refractivity contribution in [1.29, 1.82) is 0 Å². The maximum Gasteiger partial charge on any atom is 0.303 e. The predicted molar refractivity (Wildman–Crippen MR) is 83.4 cm³/mol. The highest BCUT2D eigenvalue weighted by Gasteiger charge is 2.11. The van der Waals surface area contributed by atoms with Crippen LogP contribution in [-0.2, 0) is 9.59 Å². The fraction of sp³-hybridized carbons (Fsp3) is 0.529. The largest absolute Gasteiger partial charge is 0.481 e. The van der Waals surface area contributed by atoms with Gasteiger partial charge in [-0.15, -0.1) is 0 Å². The number of amides is 1. The Hall–Kier alpha value is -1.84. The van der Waals surface area contributed by atoms with Crippen LogP contribution in [0.2, 0.25) is 0 Å². The first kappa shape index (κ1) is 17.2. The van der Waals surface area contributed by atoms with Crippen molar-refractivity contribution in [2.24, 2.45) is 0 Å². The number of carbonyl (C=O) groups excluding carboxylic acids is 1. The van der Waals surface area contributed by atoms with Gasteiger partial charge in [-0.05, 0) is 29.4 Å². The number of hydrogen-bond donors (Lipinski definition) is 2. The van der Waals surface area contributed by atoms with Crippen molar-refractivity contribution in [2.45, 2.75) is 51.9 Å². The summed E-state index contributed by atoms with van der Waals surface area (Å²) in [5.41, 5.74) is 2.45. The maximum absolute atomic E-state index is 11.8. The fourth-order valence-corrected chi connectivity index (χ4v) is 2.14. The van der Waals surface area contributed by atoms with Crippen LogP contribution in [0.25, 0.3) is 0 Å². The van der Waals surface area contributed by atoms with E-state index in [1.807, 2.05) is 6.92 Å². The van der Waals surface area contributed by atoms with Crippen molar-refractivity contribution in [3.8, 4) is 0 Å². The van der Waals surface area contributed by atoms with Crippen LogP contribution in [0, 0.1) is 0 Å². The van der Waals surface area contributed by atoms with Gasteiger partial charge in [0, 0.05) is 19.4 Å². The normalized spacial score (nSPS) is 12.2. The van der Waals surface area contributed by atoms with Gasteiger partial charge in [-0.1, -0.05) is 45.0 Å². The second-order valence-electron chi connectivity index (χ2n) is 5.77. The van der Waals surface area contributed by atoms with Gasteiger partial charge in [-0.25, -0.2) is 0 Å². The van der Waals surface area contributed by atoms with Crippen LogP contribution in [0.5, 0.6) is 0 Å². The minimum Gasteiger partial charge on any atom is -0.481 e. The number of carboxylic acids is 1. The Kier molecular flexibility index (Phi) is 6.92. The first-order valence-corrected chi connectivity index (χ1v) is 7.48. The van der Waals surface area contributed by atoms with E-state index in [0.717, 1.165) is 5.56 Å². The number of carboxylic acid groups (broad SMARTS) is 1. The van der Waals surface area contributed by atoms with Gasteiger partial charge in [-0.2, -0.15) is 0 Å². The van der Waals surface area contributed by atoms with E-state index < -0.39 is 5.97 Å². The molecule has 2 N–H and O–H groups in total. The van der Waals surface area contributed by atoms with Crippen LogP contribution < -0.4 is 5.32 Å². The van der Waals surface area contributed by atoms with Crippen molar-refractivity contribution in [2.75, 3.05) is 6.54 Å². The predicted octanol–water partition coefficient (Wildman–Crippen LogP) is 3.28. The smallest absolute Gasteiger partial charge is 0.303 e. The van der Waals surface area contributed by atoms with Crippen molar-refractivity contribution >= 4 is 11.9 Å². The molecule has 0 radical (unpaired) electrons. The van der Waals surface area contributed by atoms with Crippen LogP contribution >= 0.6 is 0 Å². The summed E-state index contributed by atoms with van der Waals surface area (Å²) in [5.74, 6) is -0.193. The minimum absolute atomic E-state index is 0.0270. The highest BCUT2D eigenvalue weighted by atomic mass is 16.4. The van der Waals surface area contributed by atoms with E-state index in [-0.39, 0.29) is 18.2 Å². The van der Waals surface area contributed by atoms with Gasteiger partial charge >= 0.3 is 5.97 Å². The van der Waals surface area contributed by atoms with Gasteiger partial charge in [-0.3, -0.25) is 9.59 Å². The topological polar surface area (TPSA) is 66.4 Å². The molecule has 0 spiro atoms. The first-order valence-electron chi connectivity index (χ1n) is 7.48. The van der Waals surface area contributed by atoms with E-state index in [4.69, 9.17) is 5.11 Å². The van der Waals surface area contributed by atoms with Gasteiger partial charge in [0.1, 0.15) is 0 Å². The third-order valence-corrected chi connectivity index (χ3v) is 3.55. The molecule has 0 aliphatic rings. The molecule has 4 heteroatoms. The SMILES string of the molecule is CC(C)c1ccc(C(C)CC(=O)NCCCC(=O)O)cc1.